The van der Waals surface area contributed by atoms with Crippen molar-refractivity contribution in [2.45, 2.75) is 64.3 Å². The normalized spacial score (nSPS) is 30.8. The molecule has 6 atom stereocenters. The van der Waals surface area contributed by atoms with Crippen LogP contribution in [0, 0.1) is 23.2 Å². The Morgan fingerprint density at radius 3 is 2.31 bits per heavy atom. The summed E-state index contributed by atoms with van der Waals surface area (Å²) in [6.45, 7) is 3.98. The number of rotatable bonds is 7. The van der Waals surface area contributed by atoms with Gasteiger partial charge >= 0.3 is 0 Å². The van der Waals surface area contributed by atoms with Gasteiger partial charge in [-0.2, -0.15) is 0 Å². The number of aliphatic hydroxyl groups excluding tert-OH is 1. The van der Waals surface area contributed by atoms with Crippen LogP contribution in [0.3, 0.4) is 0 Å². The van der Waals surface area contributed by atoms with Gasteiger partial charge in [-0.3, -0.25) is 0 Å². The lowest BCUT2D eigenvalue weighted by atomic mass is 9.52. The van der Waals surface area contributed by atoms with Crippen LogP contribution >= 0.6 is 0 Å². The summed E-state index contributed by atoms with van der Waals surface area (Å²) in [6, 6.07) is 27.6. The van der Waals surface area contributed by atoms with E-state index in [0.717, 1.165) is 25.0 Å². The van der Waals surface area contributed by atoms with E-state index >= 15 is 0 Å². The van der Waals surface area contributed by atoms with Crippen molar-refractivity contribution in [3.8, 4) is 5.75 Å². The first-order chi connectivity index (χ1) is 17.7. The number of benzene rings is 3. The summed E-state index contributed by atoms with van der Waals surface area (Å²) in [6.07, 6.45) is 5.98. The summed E-state index contributed by atoms with van der Waals surface area (Å²) >= 11 is 0. The van der Waals surface area contributed by atoms with Crippen LogP contribution in [0.5, 0.6) is 5.75 Å². The number of ether oxygens (including phenoxy) is 2. The Labute approximate surface area is 215 Å². The lowest BCUT2D eigenvalue weighted by Gasteiger charge is -2.54. The van der Waals surface area contributed by atoms with Crippen molar-refractivity contribution >= 4 is 0 Å². The third-order valence-corrected chi connectivity index (χ3v) is 9.51. The molecule has 0 radical (unpaired) electrons. The third kappa shape index (κ3) is 4.37. The summed E-state index contributed by atoms with van der Waals surface area (Å²) in [7, 11) is 0. The van der Waals surface area contributed by atoms with Crippen molar-refractivity contribution in [1.82, 2.24) is 0 Å². The molecule has 188 valence electrons. The molecule has 0 aliphatic heterocycles. The van der Waals surface area contributed by atoms with Crippen molar-refractivity contribution in [2.24, 2.45) is 23.2 Å². The molecule has 3 aromatic rings. The second-order valence-corrected chi connectivity index (χ2v) is 11.5. The molecule has 3 aliphatic carbocycles. The molecular weight excluding hydrogens is 444 g/mol. The van der Waals surface area contributed by atoms with E-state index in [0.29, 0.717) is 31.0 Å². The number of aliphatic hydroxyl groups is 1. The predicted octanol–water partition coefficient (Wildman–Crippen LogP) is 6.93. The van der Waals surface area contributed by atoms with Gasteiger partial charge in [0.25, 0.3) is 0 Å². The number of aryl methyl sites for hydroxylation is 1. The van der Waals surface area contributed by atoms with Crippen LogP contribution in [-0.2, 0) is 24.4 Å². The fourth-order valence-corrected chi connectivity index (χ4v) is 7.87. The Kier molecular flexibility index (Phi) is 6.62. The van der Waals surface area contributed by atoms with Crippen LogP contribution in [0.25, 0.3) is 0 Å². The van der Waals surface area contributed by atoms with Gasteiger partial charge in [0.2, 0.25) is 0 Å². The van der Waals surface area contributed by atoms with Gasteiger partial charge in [0.05, 0.1) is 12.7 Å². The van der Waals surface area contributed by atoms with Crippen LogP contribution < -0.4 is 4.74 Å². The lowest BCUT2D eigenvalue weighted by Crippen LogP contribution is -2.49. The molecule has 3 nitrogen and oxygen atoms in total. The molecule has 0 spiro atoms. The van der Waals surface area contributed by atoms with E-state index in [1.807, 2.05) is 6.07 Å². The Hall–Kier alpha value is -2.62. The Morgan fingerprint density at radius 1 is 0.861 bits per heavy atom. The summed E-state index contributed by atoms with van der Waals surface area (Å²) in [5.74, 6) is 2.95. The van der Waals surface area contributed by atoms with E-state index in [1.165, 1.54) is 35.1 Å². The molecule has 3 aliphatic rings. The molecule has 0 amide bonds. The first-order valence-electron chi connectivity index (χ1n) is 13.7. The van der Waals surface area contributed by atoms with Gasteiger partial charge in [0.15, 0.2) is 0 Å². The van der Waals surface area contributed by atoms with E-state index < -0.39 is 0 Å². The van der Waals surface area contributed by atoms with Crippen molar-refractivity contribution < 1.29 is 14.6 Å². The Bertz CT molecular complexity index is 1160. The van der Waals surface area contributed by atoms with Crippen LogP contribution in [0.2, 0.25) is 0 Å². The van der Waals surface area contributed by atoms with E-state index in [2.05, 4.69) is 79.7 Å². The van der Waals surface area contributed by atoms with Gasteiger partial charge in [0.1, 0.15) is 12.4 Å². The molecule has 3 heteroatoms. The maximum absolute atomic E-state index is 10.6. The van der Waals surface area contributed by atoms with Crippen LogP contribution in [0.15, 0.2) is 78.9 Å². The van der Waals surface area contributed by atoms with Gasteiger partial charge in [0, 0.05) is 6.61 Å². The fraction of sp³-hybridized carbons (Fsp3) is 0.455. The minimum Gasteiger partial charge on any atom is -0.489 e. The zero-order valence-electron chi connectivity index (χ0n) is 21.3. The molecule has 0 aromatic heterocycles. The number of hydrogen-bond acceptors (Lipinski definition) is 3. The largest absolute Gasteiger partial charge is 0.489 e. The molecule has 3 aromatic carbocycles. The highest BCUT2D eigenvalue weighted by Gasteiger charge is 2.58. The highest BCUT2D eigenvalue weighted by atomic mass is 16.5. The smallest absolute Gasteiger partial charge is 0.120 e. The van der Waals surface area contributed by atoms with Crippen molar-refractivity contribution in [3.63, 3.8) is 0 Å². The Morgan fingerprint density at radius 2 is 1.58 bits per heavy atom. The molecule has 0 saturated heterocycles. The summed E-state index contributed by atoms with van der Waals surface area (Å²) < 4.78 is 12.7. The van der Waals surface area contributed by atoms with Crippen molar-refractivity contribution in [1.29, 1.82) is 0 Å². The monoisotopic (exact) mass is 482 g/mol. The topological polar surface area (TPSA) is 38.7 Å². The average molecular weight is 483 g/mol. The first kappa shape index (κ1) is 23.8. The summed E-state index contributed by atoms with van der Waals surface area (Å²) in [4.78, 5) is 0. The SMILES string of the molecule is C[C@]12C[C@H](CO)[C@@H]3c4ccc(OCc5ccccc5)cc4CC[C@H]3[C@@H]1CC[C@@H]2OCc1ccccc1. The second-order valence-electron chi connectivity index (χ2n) is 11.5. The molecule has 0 unspecified atom stereocenters. The van der Waals surface area contributed by atoms with Gasteiger partial charge in [-0.05, 0) is 95.6 Å². The second kappa shape index (κ2) is 10.0. The molecule has 2 saturated carbocycles. The minimum atomic E-state index is 0.138. The number of hydrogen-bond donors (Lipinski definition) is 1. The summed E-state index contributed by atoms with van der Waals surface area (Å²) in [5.41, 5.74) is 5.44. The van der Waals surface area contributed by atoms with Crippen molar-refractivity contribution in [3.05, 3.63) is 101 Å². The highest BCUT2D eigenvalue weighted by Crippen LogP contribution is 2.63. The summed E-state index contributed by atoms with van der Waals surface area (Å²) in [5, 5.41) is 10.6. The molecule has 6 rings (SSSR count). The number of fused-ring (bicyclic) bond motifs is 5. The highest BCUT2D eigenvalue weighted by molar-refractivity contribution is 5.41. The molecule has 0 heterocycles. The quantitative estimate of drug-likeness (QED) is 0.397. The standard InChI is InChI=1S/C33H38O3/c1-33-19-26(20-34)32-28-15-13-27(35-21-23-8-4-2-5-9-23)18-25(28)12-14-29(32)30(33)16-17-31(33)36-22-24-10-6-3-7-11-24/h2-11,13,15,18,26,29-32,34H,12,14,16-17,19-22H2,1H3/t26-,29+,30+,31+,32-,33+/m1/s1. The average Bonchev–Trinajstić information content (AvgIpc) is 3.26. The van der Waals surface area contributed by atoms with Gasteiger partial charge in [-0.25, -0.2) is 0 Å². The maximum Gasteiger partial charge on any atom is 0.120 e. The predicted molar refractivity (Wildman–Crippen MR) is 143 cm³/mol. The van der Waals surface area contributed by atoms with Gasteiger partial charge in [-0.15, -0.1) is 0 Å². The van der Waals surface area contributed by atoms with E-state index in [9.17, 15) is 5.11 Å². The Balaban J connectivity index is 1.19. The molecule has 2 fully saturated rings. The van der Waals surface area contributed by atoms with E-state index in [4.69, 9.17) is 9.47 Å². The minimum absolute atomic E-state index is 0.138. The van der Waals surface area contributed by atoms with E-state index in [-0.39, 0.29) is 24.0 Å². The lowest BCUT2D eigenvalue weighted by molar-refractivity contribution is -0.0927. The first-order valence-corrected chi connectivity index (χ1v) is 13.7. The maximum atomic E-state index is 10.6. The van der Waals surface area contributed by atoms with Gasteiger partial charge < -0.3 is 14.6 Å². The van der Waals surface area contributed by atoms with Crippen molar-refractivity contribution in [2.75, 3.05) is 6.61 Å². The van der Waals surface area contributed by atoms with Crippen LogP contribution in [0.1, 0.15) is 60.8 Å². The zero-order chi connectivity index (χ0) is 24.5. The van der Waals surface area contributed by atoms with Gasteiger partial charge in [-0.1, -0.05) is 73.7 Å². The molecule has 36 heavy (non-hydrogen) atoms. The third-order valence-electron chi connectivity index (χ3n) is 9.51. The van der Waals surface area contributed by atoms with Crippen LogP contribution in [-0.4, -0.2) is 17.8 Å². The zero-order valence-corrected chi connectivity index (χ0v) is 21.3. The molecule has 1 N–H and O–H groups in total. The molecule has 0 bridgehead atoms. The fourth-order valence-electron chi connectivity index (χ4n) is 7.87. The molecular formula is C33H38O3. The van der Waals surface area contributed by atoms with E-state index in [1.54, 1.807) is 0 Å². The van der Waals surface area contributed by atoms with Crippen LogP contribution in [0.4, 0.5) is 0 Å².